The molecule has 1 atom stereocenters. The third-order valence-electron chi connectivity index (χ3n) is 3.02. The number of aryl methyl sites for hydroxylation is 1. The molecule has 4 heteroatoms. The zero-order chi connectivity index (χ0) is 10.9. The average Bonchev–Trinajstić information content (AvgIpc) is 2.18. The van der Waals surface area contributed by atoms with Gasteiger partial charge in [-0.25, -0.2) is 4.98 Å². The van der Waals surface area contributed by atoms with Gasteiger partial charge in [-0.05, 0) is 37.9 Å². The predicted octanol–water partition coefficient (Wildman–Crippen LogP) is 0.543. The first-order chi connectivity index (χ1) is 7.13. The van der Waals surface area contributed by atoms with Crippen LogP contribution in [0, 0.1) is 6.92 Å². The van der Waals surface area contributed by atoms with E-state index >= 15 is 0 Å². The Kier molecular flexibility index (Phi) is 2.63. The van der Waals surface area contributed by atoms with E-state index < -0.39 is 5.60 Å². The highest BCUT2D eigenvalue weighted by Gasteiger charge is 2.34. The fraction of sp³-hybridized carbons (Fsp3) is 0.545. The third-order valence-corrected chi connectivity index (χ3v) is 3.02. The smallest absolute Gasteiger partial charge is 0.129 e. The highest BCUT2D eigenvalue weighted by Crippen LogP contribution is 2.33. The van der Waals surface area contributed by atoms with Crippen LogP contribution in [0.1, 0.15) is 24.0 Å². The lowest BCUT2D eigenvalue weighted by Crippen LogP contribution is -2.44. The fourth-order valence-electron chi connectivity index (χ4n) is 2.29. The van der Waals surface area contributed by atoms with Gasteiger partial charge in [0.15, 0.2) is 0 Å². The van der Waals surface area contributed by atoms with Crippen LogP contribution in [0.2, 0.25) is 0 Å². The van der Waals surface area contributed by atoms with Gasteiger partial charge < -0.3 is 16.2 Å². The summed E-state index contributed by atoms with van der Waals surface area (Å²) in [5.41, 5.74) is 6.79. The molecule has 0 saturated carbocycles. The van der Waals surface area contributed by atoms with Gasteiger partial charge in [-0.2, -0.15) is 0 Å². The van der Waals surface area contributed by atoms with Crippen LogP contribution in [-0.2, 0) is 5.60 Å². The second-order valence-electron chi connectivity index (χ2n) is 4.20. The van der Waals surface area contributed by atoms with Crippen molar-refractivity contribution < 1.29 is 5.11 Å². The lowest BCUT2D eigenvalue weighted by Gasteiger charge is -2.34. The number of rotatable bonds is 1. The second-order valence-corrected chi connectivity index (χ2v) is 4.20. The normalized spacial score (nSPS) is 26.5. The maximum atomic E-state index is 10.5. The Hall–Kier alpha value is -1.13. The summed E-state index contributed by atoms with van der Waals surface area (Å²) >= 11 is 0. The molecule has 1 saturated heterocycles. The van der Waals surface area contributed by atoms with Gasteiger partial charge in [0, 0.05) is 18.3 Å². The molecule has 4 N–H and O–H groups in total. The number of hydrogen-bond acceptors (Lipinski definition) is 4. The zero-order valence-corrected chi connectivity index (χ0v) is 8.95. The van der Waals surface area contributed by atoms with Crippen LogP contribution in [0.5, 0.6) is 0 Å². The summed E-state index contributed by atoms with van der Waals surface area (Å²) < 4.78 is 0. The van der Waals surface area contributed by atoms with Crippen LogP contribution in [0.3, 0.4) is 0 Å². The van der Waals surface area contributed by atoms with Gasteiger partial charge in [0.1, 0.15) is 11.4 Å². The topological polar surface area (TPSA) is 71.2 Å². The average molecular weight is 207 g/mol. The van der Waals surface area contributed by atoms with Crippen molar-refractivity contribution in [3.8, 4) is 0 Å². The number of aliphatic hydroxyl groups is 1. The molecule has 2 heterocycles. The number of β-amino-alcohol motifs (C(OH)–C–C–N with tert-alkyl or cyclic N) is 1. The SMILES string of the molecule is Cc1ccnc(N)c1C1(O)CCCNC1. The Morgan fingerprint density at radius 2 is 2.40 bits per heavy atom. The van der Waals surface area contributed by atoms with E-state index in [2.05, 4.69) is 10.3 Å². The lowest BCUT2D eigenvalue weighted by atomic mass is 9.84. The molecule has 1 fully saturated rings. The van der Waals surface area contributed by atoms with E-state index in [4.69, 9.17) is 5.73 Å². The van der Waals surface area contributed by atoms with E-state index in [1.807, 2.05) is 13.0 Å². The molecule has 82 valence electrons. The molecule has 0 spiro atoms. The van der Waals surface area contributed by atoms with Crippen LogP contribution < -0.4 is 11.1 Å². The minimum absolute atomic E-state index is 0.446. The van der Waals surface area contributed by atoms with E-state index in [-0.39, 0.29) is 0 Å². The number of nitrogens with one attached hydrogen (secondary N) is 1. The van der Waals surface area contributed by atoms with Gasteiger partial charge in [-0.3, -0.25) is 0 Å². The molecular formula is C11H17N3O. The van der Waals surface area contributed by atoms with Crippen LogP contribution in [0.25, 0.3) is 0 Å². The van der Waals surface area contributed by atoms with E-state index in [1.54, 1.807) is 6.20 Å². The van der Waals surface area contributed by atoms with Gasteiger partial charge in [0.25, 0.3) is 0 Å². The quantitative estimate of drug-likeness (QED) is 0.628. The van der Waals surface area contributed by atoms with Crippen molar-refractivity contribution in [2.24, 2.45) is 0 Å². The van der Waals surface area contributed by atoms with Crippen molar-refractivity contribution in [2.45, 2.75) is 25.4 Å². The van der Waals surface area contributed by atoms with Crippen molar-refractivity contribution >= 4 is 5.82 Å². The zero-order valence-electron chi connectivity index (χ0n) is 8.95. The molecule has 4 nitrogen and oxygen atoms in total. The van der Waals surface area contributed by atoms with Crippen molar-refractivity contribution in [2.75, 3.05) is 18.8 Å². The second kappa shape index (κ2) is 3.79. The Labute approximate surface area is 89.5 Å². The van der Waals surface area contributed by atoms with Crippen molar-refractivity contribution in [1.82, 2.24) is 10.3 Å². The standard InChI is InChI=1S/C11H17N3O/c1-8-3-6-14-10(12)9(8)11(15)4-2-5-13-7-11/h3,6,13,15H,2,4-5,7H2,1H3,(H2,12,14). The molecule has 1 unspecified atom stereocenters. The number of anilines is 1. The number of piperidine rings is 1. The number of nitrogens with two attached hydrogens (primary N) is 1. The molecule has 15 heavy (non-hydrogen) atoms. The highest BCUT2D eigenvalue weighted by molar-refractivity contribution is 5.48. The summed E-state index contributed by atoms with van der Waals surface area (Å²) in [5.74, 6) is 0.446. The van der Waals surface area contributed by atoms with Crippen molar-refractivity contribution in [3.05, 3.63) is 23.4 Å². The maximum Gasteiger partial charge on any atom is 0.129 e. The first kappa shape index (κ1) is 10.4. The summed E-state index contributed by atoms with van der Waals surface area (Å²) in [5, 5.41) is 13.7. The largest absolute Gasteiger partial charge is 0.384 e. The molecule has 2 rings (SSSR count). The summed E-state index contributed by atoms with van der Waals surface area (Å²) in [6.45, 7) is 3.48. The van der Waals surface area contributed by atoms with Gasteiger partial charge in [-0.1, -0.05) is 0 Å². The van der Waals surface area contributed by atoms with E-state index in [9.17, 15) is 5.11 Å². The van der Waals surface area contributed by atoms with Crippen LogP contribution in [0.15, 0.2) is 12.3 Å². The molecule has 0 aliphatic carbocycles. The highest BCUT2D eigenvalue weighted by atomic mass is 16.3. The van der Waals surface area contributed by atoms with E-state index in [1.165, 1.54) is 0 Å². The maximum absolute atomic E-state index is 10.5. The first-order valence-corrected chi connectivity index (χ1v) is 5.28. The summed E-state index contributed by atoms with van der Waals surface area (Å²) in [4.78, 5) is 4.05. The number of aromatic nitrogens is 1. The van der Waals surface area contributed by atoms with Gasteiger partial charge >= 0.3 is 0 Å². The molecule has 0 bridgehead atoms. The number of pyridine rings is 1. The Morgan fingerprint density at radius 3 is 3.00 bits per heavy atom. The monoisotopic (exact) mass is 207 g/mol. The predicted molar refractivity (Wildman–Crippen MR) is 59.4 cm³/mol. The van der Waals surface area contributed by atoms with E-state index in [0.29, 0.717) is 12.4 Å². The third kappa shape index (κ3) is 1.82. The number of nitrogen functional groups attached to an aromatic ring is 1. The van der Waals surface area contributed by atoms with Crippen LogP contribution in [-0.4, -0.2) is 23.2 Å². The van der Waals surface area contributed by atoms with Gasteiger partial charge in [0.05, 0.1) is 0 Å². The van der Waals surface area contributed by atoms with Gasteiger partial charge in [0.2, 0.25) is 0 Å². The van der Waals surface area contributed by atoms with Crippen LogP contribution >= 0.6 is 0 Å². The molecule has 1 aliphatic rings. The number of hydrogen-bond donors (Lipinski definition) is 3. The van der Waals surface area contributed by atoms with Gasteiger partial charge in [-0.15, -0.1) is 0 Å². The van der Waals surface area contributed by atoms with Crippen molar-refractivity contribution in [1.29, 1.82) is 0 Å². The molecule has 1 aromatic rings. The van der Waals surface area contributed by atoms with Crippen LogP contribution in [0.4, 0.5) is 5.82 Å². The van der Waals surface area contributed by atoms with Crippen molar-refractivity contribution in [3.63, 3.8) is 0 Å². The Balaban J connectivity index is 2.42. The van der Waals surface area contributed by atoms with E-state index in [0.717, 1.165) is 30.5 Å². The molecular weight excluding hydrogens is 190 g/mol. The Morgan fingerprint density at radius 1 is 1.60 bits per heavy atom. The molecule has 0 amide bonds. The number of nitrogens with zero attached hydrogens (tertiary/aromatic N) is 1. The molecule has 1 aliphatic heterocycles. The minimum atomic E-state index is -0.847. The molecule has 1 aromatic heterocycles. The summed E-state index contributed by atoms with van der Waals surface area (Å²) in [6, 6.07) is 1.89. The minimum Gasteiger partial charge on any atom is -0.384 e. The summed E-state index contributed by atoms with van der Waals surface area (Å²) in [7, 11) is 0. The fourth-order valence-corrected chi connectivity index (χ4v) is 2.29. The summed E-state index contributed by atoms with van der Waals surface area (Å²) in [6.07, 6.45) is 3.38. The lowest BCUT2D eigenvalue weighted by molar-refractivity contribution is 0.0122. The molecule has 0 radical (unpaired) electrons. The molecule has 0 aromatic carbocycles. The Bertz CT molecular complexity index is 339. The first-order valence-electron chi connectivity index (χ1n) is 5.28.